The molecule has 3 heterocycles. The summed E-state index contributed by atoms with van der Waals surface area (Å²) in [6.07, 6.45) is 11.8. The Balaban J connectivity index is 1.17. The summed E-state index contributed by atoms with van der Waals surface area (Å²) >= 11 is 0. The van der Waals surface area contributed by atoms with E-state index in [9.17, 15) is 20.1 Å². The highest BCUT2D eigenvalue weighted by Crippen LogP contribution is 2.70. The van der Waals surface area contributed by atoms with Gasteiger partial charge in [0.2, 0.25) is 0 Å². The normalized spacial score (nSPS) is 47.2. The summed E-state index contributed by atoms with van der Waals surface area (Å²) in [7, 11) is 1.59. The topological polar surface area (TPSA) is 140 Å². The van der Waals surface area contributed by atoms with E-state index in [2.05, 4.69) is 11.9 Å². The number of aromatic nitrogens is 1. The molecule has 0 amide bonds. The van der Waals surface area contributed by atoms with Gasteiger partial charge in [-0.2, -0.15) is 0 Å². The molecular formula is C36H50N2O8. The molecule has 4 aliphatic carbocycles. The first-order valence-electron chi connectivity index (χ1n) is 17.3. The SMILES string of the molecule is CO[C@@H]1C[C@H](O[C@H]2CC[C@@]3(C=NCc4cccnc4)[C@@H]4CC[C@@]5(C)[C@H](C6=CC(=O)OC6)CC[C@]5(O)[C@@H]4CC[C@]3(O)C2)O[C@@H](C)[C@@H]1O. The minimum Gasteiger partial charge on any atom is -0.458 e. The second-order valence-electron chi connectivity index (χ2n) is 15.2. The molecule has 1 aromatic heterocycles. The van der Waals surface area contributed by atoms with Crippen molar-refractivity contribution in [2.45, 2.75) is 127 Å². The van der Waals surface area contributed by atoms with Crippen molar-refractivity contribution >= 4 is 12.2 Å². The lowest BCUT2D eigenvalue weighted by Gasteiger charge is -2.66. The zero-order valence-corrected chi connectivity index (χ0v) is 27.3. The molecule has 1 saturated heterocycles. The van der Waals surface area contributed by atoms with Gasteiger partial charge in [0.25, 0.3) is 0 Å². The Morgan fingerprint density at radius 1 is 1.13 bits per heavy atom. The van der Waals surface area contributed by atoms with Crippen LogP contribution in [0.4, 0.5) is 0 Å². The third kappa shape index (κ3) is 5.10. The fraction of sp³-hybridized carbons (Fsp3) is 0.750. The molecule has 6 aliphatic rings. The molecule has 0 spiro atoms. The molecule has 46 heavy (non-hydrogen) atoms. The van der Waals surface area contributed by atoms with Crippen molar-refractivity contribution in [3.8, 4) is 0 Å². The van der Waals surface area contributed by atoms with Crippen molar-refractivity contribution in [3.63, 3.8) is 0 Å². The molecular weight excluding hydrogens is 588 g/mol. The van der Waals surface area contributed by atoms with Gasteiger partial charge in [0.05, 0.1) is 36.1 Å². The van der Waals surface area contributed by atoms with Gasteiger partial charge in [-0.15, -0.1) is 0 Å². The Morgan fingerprint density at radius 3 is 2.70 bits per heavy atom. The number of methoxy groups -OCH3 is 1. The van der Waals surface area contributed by atoms with E-state index in [1.54, 1.807) is 19.4 Å². The molecule has 2 aliphatic heterocycles. The molecule has 10 nitrogen and oxygen atoms in total. The number of carbonyl (C=O) groups is 1. The second-order valence-corrected chi connectivity index (χ2v) is 15.2. The van der Waals surface area contributed by atoms with E-state index in [1.165, 1.54) is 0 Å². The Hall–Kier alpha value is -2.21. The van der Waals surface area contributed by atoms with Gasteiger partial charge < -0.3 is 34.3 Å². The number of ether oxygens (including phenoxy) is 4. The Labute approximate surface area is 271 Å². The van der Waals surface area contributed by atoms with E-state index in [1.807, 2.05) is 31.5 Å². The summed E-state index contributed by atoms with van der Waals surface area (Å²) in [5, 5.41) is 36.0. The van der Waals surface area contributed by atoms with Crippen LogP contribution in [0.5, 0.6) is 0 Å². The third-order valence-corrected chi connectivity index (χ3v) is 13.2. The number of esters is 1. The molecule has 0 radical (unpaired) electrons. The number of pyridine rings is 1. The predicted octanol–water partition coefficient (Wildman–Crippen LogP) is 3.90. The average molecular weight is 639 g/mol. The van der Waals surface area contributed by atoms with Crippen LogP contribution in [-0.2, 0) is 30.3 Å². The molecule has 4 saturated carbocycles. The summed E-state index contributed by atoms with van der Waals surface area (Å²) in [5.74, 6) is -0.118. The Bertz CT molecular complexity index is 1360. The summed E-state index contributed by atoms with van der Waals surface area (Å²) in [6.45, 7) is 4.84. The number of fused-ring (bicyclic) bond motifs is 5. The van der Waals surface area contributed by atoms with Gasteiger partial charge >= 0.3 is 5.97 Å². The van der Waals surface area contributed by atoms with Crippen molar-refractivity contribution in [1.82, 2.24) is 4.98 Å². The maximum Gasteiger partial charge on any atom is 0.331 e. The lowest BCUT2D eigenvalue weighted by molar-refractivity contribution is -0.284. The number of aliphatic hydroxyl groups excluding tert-OH is 1. The Morgan fingerprint density at radius 2 is 1.96 bits per heavy atom. The number of carbonyl (C=O) groups excluding carboxylic acids is 1. The van der Waals surface area contributed by atoms with Gasteiger partial charge in [-0.25, -0.2) is 4.79 Å². The van der Waals surface area contributed by atoms with Crippen molar-refractivity contribution in [2.75, 3.05) is 13.7 Å². The number of nitrogens with zero attached hydrogens (tertiary/aromatic N) is 2. The number of cyclic esters (lactones) is 1. The summed E-state index contributed by atoms with van der Waals surface area (Å²) < 4.78 is 23.4. The van der Waals surface area contributed by atoms with Gasteiger partial charge in [-0.05, 0) is 93.2 Å². The van der Waals surface area contributed by atoms with Crippen LogP contribution in [0, 0.1) is 28.6 Å². The number of rotatable bonds is 7. The number of aliphatic imine (C=N–C) groups is 1. The first-order valence-corrected chi connectivity index (χ1v) is 17.3. The highest BCUT2D eigenvalue weighted by Gasteiger charge is 2.71. The van der Waals surface area contributed by atoms with E-state index >= 15 is 0 Å². The zero-order valence-electron chi connectivity index (χ0n) is 27.3. The number of hydrogen-bond acceptors (Lipinski definition) is 10. The van der Waals surface area contributed by atoms with Crippen LogP contribution in [0.15, 0.2) is 41.2 Å². The largest absolute Gasteiger partial charge is 0.458 e. The molecule has 0 bridgehead atoms. The minimum atomic E-state index is -1.06. The van der Waals surface area contributed by atoms with E-state index in [-0.39, 0.29) is 41.3 Å². The molecule has 7 rings (SSSR count). The van der Waals surface area contributed by atoms with Crippen LogP contribution >= 0.6 is 0 Å². The van der Waals surface area contributed by atoms with E-state index in [4.69, 9.17) is 23.9 Å². The van der Waals surface area contributed by atoms with Gasteiger partial charge in [0.15, 0.2) is 6.29 Å². The highest BCUT2D eigenvalue weighted by molar-refractivity contribution is 5.85. The maximum atomic E-state index is 12.8. The van der Waals surface area contributed by atoms with Crippen molar-refractivity contribution in [3.05, 3.63) is 41.7 Å². The minimum absolute atomic E-state index is 0.00364. The molecule has 252 valence electrons. The predicted molar refractivity (Wildman–Crippen MR) is 169 cm³/mol. The monoisotopic (exact) mass is 638 g/mol. The molecule has 3 N–H and O–H groups in total. The van der Waals surface area contributed by atoms with Crippen molar-refractivity contribution in [2.24, 2.45) is 33.6 Å². The van der Waals surface area contributed by atoms with Crippen LogP contribution in [0.1, 0.15) is 83.6 Å². The molecule has 10 heteroatoms. The smallest absolute Gasteiger partial charge is 0.331 e. The second kappa shape index (κ2) is 12.0. The van der Waals surface area contributed by atoms with Crippen LogP contribution < -0.4 is 0 Å². The van der Waals surface area contributed by atoms with Crippen LogP contribution in [0.2, 0.25) is 0 Å². The van der Waals surface area contributed by atoms with E-state index in [0.29, 0.717) is 51.7 Å². The molecule has 0 aromatic carbocycles. The van der Waals surface area contributed by atoms with Gasteiger partial charge in [-0.3, -0.25) is 9.98 Å². The molecule has 1 aromatic rings. The quantitative estimate of drug-likeness (QED) is 0.231. The Kier molecular flexibility index (Phi) is 8.46. The van der Waals surface area contributed by atoms with Crippen LogP contribution in [-0.4, -0.2) is 88.1 Å². The van der Waals surface area contributed by atoms with Gasteiger partial charge in [0, 0.05) is 55.5 Å². The first kappa shape index (κ1) is 32.3. The van der Waals surface area contributed by atoms with Gasteiger partial charge in [-0.1, -0.05) is 13.0 Å². The van der Waals surface area contributed by atoms with Crippen molar-refractivity contribution in [1.29, 1.82) is 0 Å². The highest BCUT2D eigenvalue weighted by atomic mass is 16.7. The van der Waals surface area contributed by atoms with E-state index in [0.717, 1.165) is 36.8 Å². The summed E-state index contributed by atoms with van der Waals surface area (Å²) in [6, 6.07) is 3.92. The lowest BCUT2D eigenvalue weighted by atomic mass is 9.41. The standard InChI is InChI=1S/C36H50N2O8/c1-22-32(40)29(43-3)16-31(45-22)46-25-6-11-34(21-38-19-23-5-4-14-37-18-23)27-7-10-33(2)26(24-15-30(39)44-20-24)9-13-36(33,42)28(27)8-12-35(34,41)17-25/h4-5,14-15,18,21-22,25-29,31-32,40-42H,6-13,16-17,19-20H2,1-3H3/t22-,25-,26-,27+,28+,29+,31-,32-,33-,34+,35-,36-/m0/s1. The fourth-order valence-corrected chi connectivity index (χ4v) is 10.8. The fourth-order valence-electron chi connectivity index (χ4n) is 10.8. The van der Waals surface area contributed by atoms with Gasteiger partial charge in [0.1, 0.15) is 12.7 Å². The maximum absolute atomic E-state index is 12.8. The average Bonchev–Trinajstić information content (AvgIpc) is 3.58. The van der Waals surface area contributed by atoms with E-state index < -0.39 is 35.1 Å². The summed E-state index contributed by atoms with van der Waals surface area (Å²) in [4.78, 5) is 21.2. The summed E-state index contributed by atoms with van der Waals surface area (Å²) in [5.41, 5.74) is -0.931. The van der Waals surface area contributed by atoms with Crippen LogP contribution in [0.3, 0.4) is 0 Å². The zero-order chi connectivity index (χ0) is 32.3. The first-order chi connectivity index (χ1) is 22.0. The lowest BCUT2D eigenvalue weighted by Crippen LogP contribution is -2.69. The van der Waals surface area contributed by atoms with Crippen molar-refractivity contribution < 1.29 is 39.1 Å². The third-order valence-electron chi connectivity index (χ3n) is 13.2. The van der Waals surface area contributed by atoms with Crippen LogP contribution in [0.25, 0.3) is 0 Å². The molecule has 5 fully saturated rings. The number of aliphatic hydroxyl groups is 3. The molecule has 12 atom stereocenters. The molecule has 0 unspecified atom stereocenters. The number of hydrogen-bond donors (Lipinski definition) is 3.